The Hall–Kier alpha value is -0.100. The molecule has 0 aliphatic heterocycles. The first-order valence-electron chi connectivity index (χ1n) is 4.32. The molecule has 3 N–H and O–H groups in total. The van der Waals surface area contributed by atoms with Gasteiger partial charge in [0.25, 0.3) is 0 Å². The normalized spacial score (nSPS) is 13.0. The first-order chi connectivity index (χ1) is 5.98. The summed E-state index contributed by atoms with van der Waals surface area (Å²) < 4.78 is 24.8. The largest absolute Gasteiger partial charge is 0.328 e. The van der Waals surface area contributed by atoms with Gasteiger partial charge in [-0.25, -0.2) is 13.1 Å². The van der Waals surface area contributed by atoms with Gasteiger partial charge in [0.1, 0.15) is 0 Å². The second-order valence-corrected chi connectivity index (χ2v) is 4.98. The quantitative estimate of drug-likeness (QED) is 0.644. The van der Waals surface area contributed by atoms with Gasteiger partial charge in [-0.1, -0.05) is 6.08 Å². The highest BCUT2D eigenvalue weighted by Crippen LogP contribution is 1.91. The van der Waals surface area contributed by atoms with Crippen LogP contribution in [0, 0.1) is 0 Å². The van der Waals surface area contributed by atoms with E-state index in [-0.39, 0.29) is 24.2 Å². The summed E-state index contributed by atoms with van der Waals surface area (Å²) in [6.45, 7) is 5.72. The first kappa shape index (κ1) is 16.3. The summed E-state index contributed by atoms with van der Waals surface area (Å²) >= 11 is 0. The number of sulfonamides is 1. The minimum atomic E-state index is -3.12. The molecule has 0 heterocycles. The van der Waals surface area contributed by atoms with Gasteiger partial charge in [0.05, 0.1) is 5.75 Å². The van der Waals surface area contributed by atoms with E-state index in [1.807, 2.05) is 6.92 Å². The third-order valence-electron chi connectivity index (χ3n) is 1.51. The van der Waals surface area contributed by atoms with Gasteiger partial charge in [-0.2, -0.15) is 0 Å². The fraction of sp³-hybridized carbons (Fsp3) is 0.750. The van der Waals surface area contributed by atoms with Crippen LogP contribution in [0.15, 0.2) is 12.7 Å². The Labute approximate surface area is 92.4 Å². The van der Waals surface area contributed by atoms with E-state index in [2.05, 4.69) is 11.3 Å². The van der Waals surface area contributed by atoms with Crippen molar-refractivity contribution >= 4 is 22.4 Å². The Balaban J connectivity index is 0. The van der Waals surface area contributed by atoms with Crippen molar-refractivity contribution in [2.24, 2.45) is 5.73 Å². The van der Waals surface area contributed by atoms with Crippen molar-refractivity contribution in [3.63, 3.8) is 0 Å². The van der Waals surface area contributed by atoms with Crippen LogP contribution in [0.5, 0.6) is 0 Å². The molecule has 1 atom stereocenters. The molecule has 0 aromatic carbocycles. The van der Waals surface area contributed by atoms with Crippen molar-refractivity contribution in [2.45, 2.75) is 25.8 Å². The van der Waals surface area contributed by atoms with Crippen molar-refractivity contribution in [1.82, 2.24) is 4.72 Å². The molecule has 86 valence electrons. The lowest BCUT2D eigenvalue weighted by Crippen LogP contribution is -2.30. The molecule has 0 radical (unpaired) electrons. The molecular formula is C8H19ClN2O2S. The third-order valence-corrected chi connectivity index (χ3v) is 2.93. The van der Waals surface area contributed by atoms with Crippen LogP contribution in [0.25, 0.3) is 0 Å². The molecule has 0 saturated heterocycles. The van der Waals surface area contributed by atoms with Crippen LogP contribution < -0.4 is 10.5 Å². The Morgan fingerprint density at radius 2 is 2.14 bits per heavy atom. The van der Waals surface area contributed by atoms with Crippen molar-refractivity contribution < 1.29 is 8.42 Å². The minimum Gasteiger partial charge on any atom is -0.328 e. The van der Waals surface area contributed by atoms with Gasteiger partial charge in [-0.05, 0) is 19.8 Å². The second kappa shape index (κ2) is 8.23. The van der Waals surface area contributed by atoms with Gasteiger partial charge in [-0.3, -0.25) is 0 Å². The SMILES string of the molecule is C=CCCS(=O)(=O)NCCC(C)N.Cl. The summed E-state index contributed by atoms with van der Waals surface area (Å²) in [6.07, 6.45) is 2.73. The van der Waals surface area contributed by atoms with E-state index in [0.29, 0.717) is 19.4 Å². The third kappa shape index (κ3) is 9.98. The fourth-order valence-electron chi connectivity index (χ4n) is 0.753. The van der Waals surface area contributed by atoms with Gasteiger partial charge in [-0.15, -0.1) is 19.0 Å². The lowest BCUT2D eigenvalue weighted by atomic mass is 10.3. The molecule has 0 aliphatic carbocycles. The summed E-state index contributed by atoms with van der Waals surface area (Å²) in [5.74, 6) is 0.107. The standard InChI is InChI=1S/C8H18N2O2S.ClH/c1-3-4-7-13(11,12)10-6-5-8(2)9;/h3,8,10H,1,4-7,9H2,2H3;1H. The van der Waals surface area contributed by atoms with Crippen LogP contribution in [0.1, 0.15) is 19.8 Å². The van der Waals surface area contributed by atoms with Crippen LogP contribution in [0.4, 0.5) is 0 Å². The van der Waals surface area contributed by atoms with Crippen LogP contribution in [0.3, 0.4) is 0 Å². The molecule has 0 aromatic rings. The fourth-order valence-corrected chi connectivity index (χ4v) is 1.80. The van der Waals surface area contributed by atoms with Crippen molar-refractivity contribution in [1.29, 1.82) is 0 Å². The molecule has 0 bridgehead atoms. The molecule has 0 spiro atoms. The molecule has 0 saturated carbocycles. The monoisotopic (exact) mass is 242 g/mol. The maximum Gasteiger partial charge on any atom is 0.211 e. The van der Waals surface area contributed by atoms with E-state index >= 15 is 0 Å². The van der Waals surface area contributed by atoms with E-state index in [0.717, 1.165) is 0 Å². The Bertz CT molecular complexity index is 240. The summed E-state index contributed by atoms with van der Waals surface area (Å²) in [5, 5.41) is 0. The molecule has 0 aliphatic rings. The zero-order chi connectivity index (χ0) is 10.3. The van der Waals surface area contributed by atoms with E-state index in [1.165, 1.54) is 0 Å². The maximum atomic E-state index is 11.2. The molecule has 0 rings (SSSR count). The Morgan fingerprint density at radius 3 is 2.57 bits per heavy atom. The molecule has 4 nitrogen and oxygen atoms in total. The lowest BCUT2D eigenvalue weighted by Gasteiger charge is -2.06. The molecule has 0 amide bonds. The van der Waals surface area contributed by atoms with E-state index in [4.69, 9.17) is 5.73 Å². The van der Waals surface area contributed by atoms with E-state index < -0.39 is 10.0 Å². The first-order valence-corrected chi connectivity index (χ1v) is 5.97. The van der Waals surface area contributed by atoms with E-state index in [9.17, 15) is 8.42 Å². The average molecular weight is 243 g/mol. The minimum absolute atomic E-state index is 0. The lowest BCUT2D eigenvalue weighted by molar-refractivity contribution is 0.571. The van der Waals surface area contributed by atoms with Gasteiger partial charge >= 0.3 is 0 Å². The van der Waals surface area contributed by atoms with Crippen molar-refractivity contribution in [3.8, 4) is 0 Å². The Morgan fingerprint density at radius 1 is 1.57 bits per heavy atom. The molecule has 1 unspecified atom stereocenters. The molecule has 0 fully saturated rings. The highest BCUT2D eigenvalue weighted by molar-refractivity contribution is 7.89. The van der Waals surface area contributed by atoms with E-state index in [1.54, 1.807) is 6.08 Å². The van der Waals surface area contributed by atoms with Crippen molar-refractivity contribution in [3.05, 3.63) is 12.7 Å². The number of nitrogens with two attached hydrogens (primary N) is 1. The highest BCUT2D eigenvalue weighted by atomic mass is 35.5. The van der Waals surface area contributed by atoms with Gasteiger partial charge in [0.2, 0.25) is 10.0 Å². The smallest absolute Gasteiger partial charge is 0.211 e. The average Bonchev–Trinajstić information content (AvgIpc) is 2.00. The number of nitrogens with one attached hydrogen (secondary N) is 1. The number of halogens is 1. The number of allylic oxidation sites excluding steroid dienone is 1. The predicted octanol–water partition coefficient (Wildman–Crippen LogP) is 0.641. The van der Waals surface area contributed by atoms with Gasteiger partial charge in [0.15, 0.2) is 0 Å². The topological polar surface area (TPSA) is 72.2 Å². The van der Waals surface area contributed by atoms with Crippen LogP contribution in [0.2, 0.25) is 0 Å². The molecule has 0 aromatic heterocycles. The van der Waals surface area contributed by atoms with Crippen molar-refractivity contribution in [2.75, 3.05) is 12.3 Å². The summed E-state index contributed by atoms with van der Waals surface area (Å²) in [4.78, 5) is 0. The maximum absolute atomic E-state index is 11.2. The molecule has 6 heteroatoms. The van der Waals surface area contributed by atoms with Gasteiger partial charge in [0, 0.05) is 12.6 Å². The van der Waals surface area contributed by atoms with Crippen LogP contribution in [-0.4, -0.2) is 26.8 Å². The Kier molecular flexibility index (Phi) is 9.60. The number of hydrogen-bond acceptors (Lipinski definition) is 3. The highest BCUT2D eigenvalue weighted by Gasteiger charge is 2.07. The van der Waals surface area contributed by atoms with Gasteiger partial charge < -0.3 is 5.73 Å². The number of rotatable bonds is 7. The van der Waals surface area contributed by atoms with Crippen LogP contribution in [-0.2, 0) is 10.0 Å². The second-order valence-electron chi connectivity index (χ2n) is 3.06. The zero-order valence-corrected chi connectivity index (χ0v) is 10.0. The summed E-state index contributed by atoms with van der Waals surface area (Å²) in [7, 11) is -3.12. The summed E-state index contributed by atoms with van der Waals surface area (Å²) in [6, 6.07) is 0.0297. The zero-order valence-electron chi connectivity index (χ0n) is 8.40. The predicted molar refractivity (Wildman–Crippen MR) is 62.1 cm³/mol. The molecule has 14 heavy (non-hydrogen) atoms. The van der Waals surface area contributed by atoms with Crippen LogP contribution >= 0.6 is 12.4 Å². The number of hydrogen-bond donors (Lipinski definition) is 2. The summed E-state index contributed by atoms with van der Waals surface area (Å²) in [5.41, 5.74) is 5.47. The molecular weight excluding hydrogens is 224 g/mol.